The summed E-state index contributed by atoms with van der Waals surface area (Å²) in [6.45, 7) is 4.47. The third-order valence-corrected chi connectivity index (χ3v) is 3.59. The summed E-state index contributed by atoms with van der Waals surface area (Å²) in [5.74, 6) is 0.618. The average Bonchev–Trinajstić information content (AvgIpc) is 2.93. The standard InChI is InChI=1S/C18H17NO2/c1-3-21-16-10-5-4-8-13(16)18(20)14-11-19-15-9-6-7-12(2)17(14)15/h4-11,19H,3H2,1-2H3. The SMILES string of the molecule is CCOc1ccccc1C(=O)c1c[nH]c2cccc(C)c12. The van der Waals surface area contributed by atoms with Crippen LogP contribution in [0.15, 0.2) is 48.7 Å². The number of aromatic nitrogens is 1. The van der Waals surface area contributed by atoms with Gasteiger partial charge >= 0.3 is 0 Å². The Labute approximate surface area is 123 Å². The van der Waals surface area contributed by atoms with Crippen LogP contribution < -0.4 is 4.74 Å². The summed E-state index contributed by atoms with van der Waals surface area (Å²) in [5, 5.41) is 0.980. The van der Waals surface area contributed by atoms with Crippen LogP contribution in [-0.4, -0.2) is 17.4 Å². The minimum atomic E-state index is -0.0143. The largest absolute Gasteiger partial charge is 0.493 e. The lowest BCUT2D eigenvalue weighted by Gasteiger charge is -2.09. The minimum absolute atomic E-state index is 0.0143. The molecule has 106 valence electrons. The molecule has 1 N–H and O–H groups in total. The summed E-state index contributed by atoms with van der Waals surface area (Å²) < 4.78 is 5.57. The molecule has 0 saturated heterocycles. The van der Waals surface area contributed by atoms with Gasteiger partial charge < -0.3 is 9.72 Å². The highest BCUT2D eigenvalue weighted by Crippen LogP contribution is 2.27. The molecule has 3 nitrogen and oxygen atoms in total. The zero-order valence-electron chi connectivity index (χ0n) is 12.1. The first-order valence-corrected chi connectivity index (χ1v) is 7.05. The topological polar surface area (TPSA) is 42.1 Å². The van der Waals surface area contributed by atoms with Gasteiger partial charge in [-0.05, 0) is 37.6 Å². The highest BCUT2D eigenvalue weighted by molar-refractivity contribution is 6.18. The van der Waals surface area contributed by atoms with Gasteiger partial charge in [0.1, 0.15) is 5.75 Å². The molecule has 0 atom stereocenters. The van der Waals surface area contributed by atoms with Gasteiger partial charge in [-0.25, -0.2) is 0 Å². The number of carbonyl (C=O) groups excluding carboxylic acids is 1. The highest BCUT2D eigenvalue weighted by Gasteiger charge is 2.18. The molecule has 21 heavy (non-hydrogen) atoms. The molecule has 0 saturated carbocycles. The lowest BCUT2D eigenvalue weighted by Crippen LogP contribution is -2.05. The van der Waals surface area contributed by atoms with E-state index in [1.54, 1.807) is 6.20 Å². The lowest BCUT2D eigenvalue weighted by atomic mass is 9.99. The first-order chi connectivity index (χ1) is 10.2. The predicted octanol–water partition coefficient (Wildman–Crippen LogP) is 4.11. The predicted molar refractivity (Wildman–Crippen MR) is 84.1 cm³/mol. The second-order valence-electron chi connectivity index (χ2n) is 4.96. The summed E-state index contributed by atoms with van der Waals surface area (Å²) in [7, 11) is 0. The smallest absolute Gasteiger partial charge is 0.198 e. The van der Waals surface area contributed by atoms with E-state index in [2.05, 4.69) is 4.98 Å². The molecule has 0 spiro atoms. The van der Waals surface area contributed by atoms with Gasteiger partial charge in [0.05, 0.1) is 12.2 Å². The van der Waals surface area contributed by atoms with E-state index in [4.69, 9.17) is 4.74 Å². The van der Waals surface area contributed by atoms with Gasteiger partial charge in [-0.3, -0.25) is 4.79 Å². The molecule has 0 aliphatic heterocycles. The molecule has 3 aromatic rings. The molecule has 0 radical (unpaired) electrons. The quantitative estimate of drug-likeness (QED) is 0.730. The van der Waals surface area contributed by atoms with Crippen molar-refractivity contribution in [3.63, 3.8) is 0 Å². The molecule has 0 unspecified atom stereocenters. The van der Waals surface area contributed by atoms with E-state index in [1.165, 1.54) is 0 Å². The summed E-state index contributed by atoms with van der Waals surface area (Å²) in [6, 6.07) is 13.4. The Morgan fingerprint density at radius 3 is 2.71 bits per heavy atom. The maximum Gasteiger partial charge on any atom is 0.198 e. The summed E-state index contributed by atoms with van der Waals surface area (Å²) in [4.78, 5) is 16.0. The van der Waals surface area contributed by atoms with Gasteiger partial charge in [0, 0.05) is 22.7 Å². The van der Waals surface area contributed by atoms with Crippen LogP contribution in [0.2, 0.25) is 0 Å². The van der Waals surface area contributed by atoms with Crippen molar-refractivity contribution in [1.82, 2.24) is 4.98 Å². The van der Waals surface area contributed by atoms with Crippen molar-refractivity contribution in [1.29, 1.82) is 0 Å². The van der Waals surface area contributed by atoms with Gasteiger partial charge in [-0.1, -0.05) is 24.3 Å². The van der Waals surface area contributed by atoms with Gasteiger partial charge in [0.15, 0.2) is 5.78 Å². The second kappa shape index (κ2) is 5.44. The fourth-order valence-electron chi connectivity index (χ4n) is 2.63. The maximum atomic E-state index is 12.9. The molecule has 1 aromatic heterocycles. The Bertz CT molecular complexity index is 802. The van der Waals surface area contributed by atoms with Gasteiger partial charge in [-0.2, -0.15) is 0 Å². The second-order valence-corrected chi connectivity index (χ2v) is 4.96. The first-order valence-electron chi connectivity index (χ1n) is 7.05. The molecule has 3 rings (SSSR count). The van der Waals surface area contributed by atoms with Crippen LogP contribution in [-0.2, 0) is 0 Å². The number of nitrogens with one attached hydrogen (secondary N) is 1. The maximum absolute atomic E-state index is 12.9. The van der Waals surface area contributed by atoms with Gasteiger partial charge in [0.25, 0.3) is 0 Å². The number of hydrogen-bond acceptors (Lipinski definition) is 2. The molecular formula is C18H17NO2. The van der Waals surface area contributed by atoms with E-state index in [0.717, 1.165) is 16.5 Å². The van der Waals surface area contributed by atoms with Crippen molar-refractivity contribution < 1.29 is 9.53 Å². The molecule has 1 heterocycles. The molecule has 0 aliphatic rings. The lowest BCUT2D eigenvalue weighted by molar-refractivity contribution is 0.103. The fraction of sp³-hybridized carbons (Fsp3) is 0.167. The monoisotopic (exact) mass is 279 g/mol. The molecule has 0 aliphatic carbocycles. The van der Waals surface area contributed by atoms with Crippen molar-refractivity contribution in [2.75, 3.05) is 6.61 Å². The number of rotatable bonds is 4. The molecular weight excluding hydrogens is 262 g/mol. The van der Waals surface area contributed by atoms with Crippen molar-refractivity contribution in [2.24, 2.45) is 0 Å². The zero-order valence-corrected chi connectivity index (χ0v) is 12.1. The number of aryl methyl sites for hydroxylation is 1. The molecule has 0 amide bonds. The van der Waals surface area contributed by atoms with Crippen LogP contribution in [0, 0.1) is 6.92 Å². The van der Waals surface area contributed by atoms with Crippen LogP contribution >= 0.6 is 0 Å². The molecule has 2 aromatic carbocycles. The summed E-state index contributed by atoms with van der Waals surface area (Å²) in [5.41, 5.74) is 3.36. The number of para-hydroxylation sites is 1. The van der Waals surface area contributed by atoms with Crippen molar-refractivity contribution >= 4 is 16.7 Å². The number of ketones is 1. The third kappa shape index (κ3) is 2.31. The van der Waals surface area contributed by atoms with E-state index in [9.17, 15) is 4.79 Å². The summed E-state index contributed by atoms with van der Waals surface area (Å²) in [6.07, 6.45) is 1.78. The summed E-state index contributed by atoms with van der Waals surface area (Å²) >= 11 is 0. The normalized spacial score (nSPS) is 10.8. The fourth-order valence-corrected chi connectivity index (χ4v) is 2.63. The number of aromatic amines is 1. The Kier molecular flexibility index (Phi) is 3.48. The molecule has 0 fully saturated rings. The Hall–Kier alpha value is -2.55. The van der Waals surface area contributed by atoms with Gasteiger partial charge in [-0.15, -0.1) is 0 Å². The number of benzene rings is 2. The first kappa shape index (κ1) is 13.4. The van der Waals surface area contributed by atoms with E-state index >= 15 is 0 Å². The number of ether oxygens (including phenoxy) is 1. The van der Waals surface area contributed by atoms with Crippen LogP contribution in [0.4, 0.5) is 0 Å². The molecule has 0 bridgehead atoms. The van der Waals surface area contributed by atoms with E-state index in [1.807, 2.05) is 56.3 Å². The Balaban J connectivity index is 2.13. The Morgan fingerprint density at radius 1 is 1.10 bits per heavy atom. The van der Waals surface area contributed by atoms with Crippen molar-refractivity contribution in [3.05, 3.63) is 65.4 Å². The highest BCUT2D eigenvalue weighted by atomic mass is 16.5. The van der Waals surface area contributed by atoms with Crippen LogP contribution in [0.3, 0.4) is 0 Å². The number of fused-ring (bicyclic) bond motifs is 1. The number of carbonyl (C=O) groups is 1. The third-order valence-electron chi connectivity index (χ3n) is 3.59. The zero-order chi connectivity index (χ0) is 14.8. The van der Waals surface area contributed by atoms with Crippen molar-refractivity contribution in [3.8, 4) is 5.75 Å². The van der Waals surface area contributed by atoms with Gasteiger partial charge in [0.2, 0.25) is 0 Å². The number of H-pyrrole nitrogens is 1. The number of hydrogen-bond donors (Lipinski definition) is 1. The van der Waals surface area contributed by atoms with E-state index in [-0.39, 0.29) is 5.78 Å². The van der Waals surface area contributed by atoms with Crippen molar-refractivity contribution in [2.45, 2.75) is 13.8 Å². The van der Waals surface area contributed by atoms with E-state index in [0.29, 0.717) is 23.5 Å². The van der Waals surface area contributed by atoms with Crippen LogP contribution in [0.5, 0.6) is 5.75 Å². The van der Waals surface area contributed by atoms with Crippen LogP contribution in [0.25, 0.3) is 10.9 Å². The van der Waals surface area contributed by atoms with Crippen LogP contribution in [0.1, 0.15) is 28.4 Å². The average molecular weight is 279 g/mol. The van der Waals surface area contributed by atoms with E-state index < -0.39 is 0 Å². The Morgan fingerprint density at radius 2 is 1.90 bits per heavy atom. The molecule has 3 heteroatoms. The minimum Gasteiger partial charge on any atom is -0.493 e.